The fraction of sp³-hybridized carbons (Fsp3) is 0.273. The van der Waals surface area contributed by atoms with E-state index in [1.54, 1.807) is 6.92 Å². The molecule has 72 valence electrons. The fourth-order valence-electron chi connectivity index (χ4n) is 1.60. The van der Waals surface area contributed by atoms with Gasteiger partial charge in [-0.2, -0.15) is 0 Å². The van der Waals surface area contributed by atoms with Crippen molar-refractivity contribution < 1.29 is 4.79 Å². The Balaban J connectivity index is 2.85. The number of ketones is 1. The molecule has 0 saturated carbocycles. The lowest BCUT2D eigenvalue weighted by atomic mass is 10.2. The van der Waals surface area contributed by atoms with Crippen LogP contribution >= 0.6 is 0 Å². The minimum Gasteiger partial charge on any atom is -0.303 e. The maximum atomic E-state index is 11.3. The van der Waals surface area contributed by atoms with Crippen LogP contribution < -0.4 is 0 Å². The molecule has 0 fully saturated rings. The summed E-state index contributed by atoms with van der Waals surface area (Å²) in [6.45, 7) is 5.45. The van der Waals surface area contributed by atoms with E-state index < -0.39 is 0 Å². The molecule has 0 aromatic carbocycles. The first kappa shape index (κ1) is 8.94. The molecule has 3 heteroatoms. The SMILES string of the molecule is CC(=O)c1nc(C)n2ccc(C)cc12. The Kier molecular flexibility index (Phi) is 1.88. The summed E-state index contributed by atoms with van der Waals surface area (Å²) in [5, 5.41) is 0. The zero-order valence-corrected chi connectivity index (χ0v) is 8.53. The lowest BCUT2D eigenvalue weighted by Crippen LogP contribution is -1.93. The quantitative estimate of drug-likeness (QED) is 0.642. The van der Waals surface area contributed by atoms with Crippen LogP contribution in [0.3, 0.4) is 0 Å². The van der Waals surface area contributed by atoms with Gasteiger partial charge in [-0.15, -0.1) is 0 Å². The van der Waals surface area contributed by atoms with Crippen molar-refractivity contribution >= 4 is 11.3 Å². The van der Waals surface area contributed by atoms with E-state index in [4.69, 9.17) is 0 Å². The summed E-state index contributed by atoms with van der Waals surface area (Å²) in [4.78, 5) is 15.6. The molecule has 0 radical (unpaired) electrons. The zero-order chi connectivity index (χ0) is 10.3. The van der Waals surface area contributed by atoms with Gasteiger partial charge >= 0.3 is 0 Å². The third-order valence-corrected chi connectivity index (χ3v) is 2.31. The summed E-state index contributed by atoms with van der Waals surface area (Å²) < 4.78 is 1.93. The Labute approximate surface area is 82.4 Å². The molecule has 0 bridgehead atoms. The zero-order valence-electron chi connectivity index (χ0n) is 8.53. The van der Waals surface area contributed by atoms with E-state index in [0.717, 1.165) is 16.9 Å². The van der Waals surface area contributed by atoms with Crippen LogP contribution in [0.4, 0.5) is 0 Å². The summed E-state index contributed by atoms with van der Waals surface area (Å²) in [7, 11) is 0. The van der Waals surface area contributed by atoms with Crippen molar-refractivity contribution in [1.82, 2.24) is 9.38 Å². The molecular weight excluding hydrogens is 176 g/mol. The van der Waals surface area contributed by atoms with E-state index in [1.165, 1.54) is 0 Å². The van der Waals surface area contributed by atoms with Crippen LogP contribution in [0.25, 0.3) is 5.52 Å². The average Bonchev–Trinajstić information content (AvgIpc) is 2.43. The monoisotopic (exact) mass is 188 g/mol. The second-order valence-electron chi connectivity index (χ2n) is 3.52. The number of carbonyl (C=O) groups excluding carboxylic acids is 1. The fourth-order valence-corrected chi connectivity index (χ4v) is 1.60. The Morgan fingerprint density at radius 2 is 2.14 bits per heavy atom. The van der Waals surface area contributed by atoms with Gasteiger partial charge in [-0.05, 0) is 31.5 Å². The van der Waals surface area contributed by atoms with Crippen LogP contribution in [0, 0.1) is 13.8 Å². The second kappa shape index (κ2) is 2.94. The summed E-state index contributed by atoms with van der Waals surface area (Å²) in [5.41, 5.74) is 2.60. The standard InChI is InChI=1S/C11H12N2O/c1-7-4-5-13-9(3)12-11(8(2)14)10(13)6-7/h4-6H,1-3H3. The van der Waals surface area contributed by atoms with E-state index >= 15 is 0 Å². The van der Waals surface area contributed by atoms with Gasteiger partial charge in [0.1, 0.15) is 11.5 Å². The third kappa shape index (κ3) is 1.21. The Bertz CT molecular complexity index is 511. The van der Waals surface area contributed by atoms with Gasteiger partial charge in [0, 0.05) is 13.1 Å². The van der Waals surface area contributed by atoms with Crippen molar-refractivity contribution in [2.75, 3.05) is 0 Å². The molecule has 2 aromatic heterocycles. The first-order chi connectivity index (χ1) is 6.59. The largest absolute Gasteiger partial charge is 0.303 e. The highest BCUT2D eigenvalue weighted by molar-refractivity contribution is 5.99. The molecule has 2 heterocycles. The van der Waals surface area contributed by atoms with Gasteiger partial charge in [0.15, 0.2) is 5.78 Å². The van der Waals surface area contributed by atoms with Gasteiger partial charge in [-0.3, -0.25) is 4.79 Å². The molecule has 0 spiro atoms. The van der Waals surface area contributed by atoms with Crippen LogP contribution in [0.5, 0.6) is 0 Å². The number of aromatic nitrogens is 2. The lowest BCUT2D eigenvalue weighted by molar-refractivity contribution is 0.101. The van der Waals surface area contributed by atoms with Crippen molar-refractivity contribution in [2.24, 2.45) is 0 Å². The molecule has 0 amide bonds. The number of hydrogen-bond acceptors (Lipinski definition) is 2. The van der Waals surface area contributed by atoms with E-state index in [2.05, 4.69) is 4.98 Å². The average molecular weight is 188 g/mol. The molecule has 0 aliphatic rings. The minimum absolute atomic E-state index is 0.0150. The number of rotatable bonds is 1. The van der Waals surface area contributed by atoms with Gasteiger partial charge < -0.3 is 4.40 Å². The minimum atomic E-state index is 0.0150. The van der Waals surface area contributed by atoms with Crippen LogP contribution in [-0.2, 0) is 0 Å². The number of carbonyl (C=O) groups is 1. The molecule has 0 atom stereocenters. The Morgan fingerprint density at radius 1 is 1.43 bits per heavy atom. The lowest BCUT2D eigenvalue weighted by Gasteiger charge is -1.97. The number of imidazole rings is 1. The highest BCUT2D eigenvalue weighted by atomic mass is 16.1. The summed E-state index contributed by atoms with van der Waals surface area (Å²) >= 11 is 0. The van der Waals surface area contributed by atoms with Crippen LogP contribution in [0.2, 0.25) is 0 Å². The Morgan fingerprint density at radius 3 is 2.79 bits per heavy atom. The normalized spacial score (nSPS) is 10.8. The van der Waals surface area contributed by atoms with Gasteiger partial charge in [0.25, 0.3) is 0 Å². The molecule has 0 saturated heterocycles. The molecule has 3 nitrogen and oxygen atoms in total. The first-order valence-electron chi connectivity index (χ1n) is 4.56. The molecule has 0 aliphatic heterocycles. The topological polar surface area (TPSA) is 34.4 Å². The molecule has 0 aliphatic carbocycles. The maximum Gasteiger partial charge on any atom is 0.180 e. The van der Waals surface area contributed by atoms with E-state index in [1.807, 2.05) is 36.6 Å². The highest BCUT2D eigenvalue weighted by Crippen LogP contribution is 2.14. The molecule has 2 rings (SSSR count). The van der Waals surface area contributed by atoms with Gasteiger partial charge in [0.05, 0.1) is 5.52 Å². The van der Waals surface area contributed by atoms with Crippen molar-refractivity contribution in [3.8, 4) is 0 Å². The van der Waals surface area contributed by atoms with Crippen molar-refractivity contribution in [1.29, 1.82) is 0 Å². The predicted molar refractivity (Wildman–Crippen MR) is 54.7 cm³/mol. The maximum absolute atomic E-state index is 11.3. The first-order valence-corrected chi connectivity index (χ1v) is 4.56. The number of hydrogen-bond donors (Lipinski definition) is 0. The number of aryl methyl sites for hydroxylation is 2. The second-order valence-corrected chi connectivity index (χ2v) is 3.52. The molecule has 2 aromatic rings. The molecule has 0 unspecified atom stereocenters. The van der Waals surface area contributed by atoms with Gasteiger partial charge in [0.2, 0.25) is 0 Å². The molecular formula is C11H12N2O. The van der Waals surface area contributed by atoms with Gasteiger partial charge in [-0.25, -0.2) is 4.98 Å². The number of nitrogens with zero attached hydrogens (tertiary/aromatic N) is 2. The molecule has 0 N–H and O–H groups in total. The molecule has 14 heavy (non-hydrogen) atoms. The summed E-state index contributed by atoms with van der Waals surface area (Å²) in [6.07, 6.45) is 1.94. The number of pyridine rings is 1. The van der Waals surface area contributed by atoms with Crippen molar-refractivity contribution in [3.63, 3.8) is 0 Å². The number of fused-ring (bicyclic) bond motifs is 1. The predicted octanol–water partition coefficient (Wildman–Crippen LogP) is 2.15. The van der Waals surface area contributed by atoms with Crippen LogP contribution in [-0.4, -0.2) is 15.2 Å². The van der Waals surface area contributed by atoms with E-state index in [0.29, 0.717) is 5.69 Å². The van der Waals surface area contributed by atoms with Crippen molar-refractivity contribution in [3.05, 3.63) is 35.4 Å². The highest BCUT2D eigenvalue weighted by Gasteiger charge is 2.11. The van der Waals surface area contributed by atoms with Crippen molar-refractivity contribution in [2.45, 2.75) is 20.8 Å². The van der Waals surface area contributed by atoms with E-state index in [-0.39, 0.29) is 5.78 Å². The summed E-state index contributed by atoms with van der Waals surface area (Å²) in [6, 6.07) is 3.99. The van der Waals surface area contributed by atoms with Crippen LogP contribution in [0.1, 0.15) is 28.8 Å². The number of Topliss-reactive ketones (excluding diaryl/α,β-unsaturated/α-hetero) is 1. The van der Waals surface area contributed by atoms with E-state index in [9.17, 15) is 4.79 Å². The smallest absolute Gasteiger partial charge is 0.180 e. The Hall–Kier alpha value is -1.64. The summed E-state index contributed by atoms with van der Waals surface area (Å²) in [5.74, 6) is 0.867. The third-order valence-electron chi connectivity index (χ3n) is 2.31. The van der Waals surface area contributed by atoms with Gasteiger partial charge in [-0.1, -0.05) is 0 Å². The van der Waals surface area contributed by atoms with Crippen LogP contribution in [0.15, 0.2) is 18.3 Å².